The van der Waals surface area contributed by atoms with Crippen LogP contribution in [0, 0.1) is 11.6 Å². The monoisotopic (exact) mass is 362 g/mol. The molecule has 6 heteroatoms. The molecule has 0 aliphatic heterocycles. The number of hydrogen-bond donors (Lipinski definition) is 2. The van der Waals surface area contributed by atoms with Gasteiger partial charge in [0.25, 0.3) is 5.91 Å². The Kier molecular flexibility index (Phi) is 4.52. The summed E-state index contributed by atoms with van der Waals surface area (Å²) < 4.78 is 27.2. The summed E-state index contributed by atoms with van der Waals surface area (Å²) in [5.74, 6) is -1.55. The number of carbonyl (C=O) groups excluding carboxylic acids is 1. The van der Waals surface area contributed by atoms with Crippen molar-refractivity contribution in [3.8, 4) is 0 Å². The van der Waals surface area contributed by atoms with Gasteiger partial charge in [-0.1, -0.05) is 31.5 Å². The number of carbonyl (C=O) groups is 1. The molecule has 3 nitrogen and oxygen atoms in total. The third kappa shape index (κ3) is 3.37. The number of halogens is 3. The Morgan fingerprint density at radius 1 is 1.24 bits per heavy atom. The van der Waals surface area contributed by atoms with Crippen molar-refractivity contribution in [2.24, 2.45) is 0 Å². The largest absolute Gasteiger partial charge is 0.361 e. The molecule has 0 saturated carbocycles. The molecule has 2 N–H and O–H groups in total. The number of fused-ring (bicyclic) bond motifs is 1. The predicted octanol–water partition coefficient (Wildman–Crippen LogP) is 4.81. The molecular formula is C19H17ClF2N2O. The first-order valence-electron chi connectivity index (χ1n) is 7.79. The zero-order valence-corrected chi connectivity index (χ0v) is 14.5. The average molecular weight is 363 g/mol. The second-order valence-corrected chi connectivity index (χ2v) is 6.96. The molecule has 0 atom stereocenters. The van der Waals surface area contributed by atoms with Crippen molar-refractivity contribution >= 4 is 28.4 Å². The Morgan fingerprint density at radius 3 is 2.72 bits per heavy atom. The van der Waals surface area contributed by atoms with Crippen LogP contribution in [-0.2, 0) is 5.41 Å². The molecule has 130 valence electrons. The van der Waals surface area contributed by atoms with Crippen molar-refractivity contribution in [1.29, 1.82) is 0 Å². The van der Waals surface area contributed by atoms with Gasteiger partial charge >= 0.3 is 0 Å². The van der Waals surface area contributed by atoms with Gasteiger partial charge in [0.15, 0.2) is 0 Å². The number of amides is 1. The van der Waals surface area contributed by atoms with E-state index in [1.54, 1.807) is 12.3 Å². The van der Waals surface area contributed by atoms with Gasteiger partial charge in [-0.2, -0.15) is 0 Å². The van der Waals surface area contributed by atoms with Crippen LogP contribution in [0.2, 0.25) is 5.02 Å². The summed E-state index contributed by atoms with van der Waals surface area (Å²) in [5, 5.41) is 3.68. The fourth-order valence-corrected chi connectivity index (χ4v) is 3.11. The van der Waals surface area contributed by atoms with E-state index in [0.29, 0.717) is 5.52 Å². The minimum atomic E-state index is -0.662. The molecule has 0 spiro atoms. The van der Waals surface area contributed by atoms with Gasteiger partial charge in [-0.15, -0.1) is 0 Å². The van der Waals surface area contributed by atoms with Crippen LogP contribution in [0.3, 0.4) is 0 Å². The molecule has 0 radical (unpaired) electrons. The van der Waals surface area contributed by atoms with Gasteiger partial charge in [-0.3, -0.25) is 4.79 Å². The van der Waals surface area contributed by atoms with Crippen molar-refractivity contribution in [2.75, 3.05) is 6.54 Å². The van der Waals surface area contributed by atoms with Crippen molar-refractivity contribution in [3.63, 3.8) is 0 Å². The maximum Gasteiger partial charge on any atom is 0.255 e. The first kappa shape index (κ1) is 17.4. The van der Waals surface area contributed by atoms with Gasteiger partial charge in [-0.05, 0) is 35.9 Å². The van der Waals surface area contributed by atoms with Crippen LogP contribution in [0.25, 0.3) is 10.9 Å². The second-order valence-electron chi connectivity index (χ2n) is 6.56. The van der Waals surface area contributed by atoms with Crippen LogP contribution in [0.15, 0.2) is 42.6 Å². The standard InChI is InChI=1S/C19H17ClF2N2O/c1-19(2,13-9-23-16-8-11(21)6-7-12(13)16)10-24-18(25)17-14(20)4-3-5-15(17)22/h3-9,23H,10H2,1-2H3,(H,24,25). The molecule has 2 aromatic carbocycles. The van der Waals surface area contributed by atoms with E-state index in [1.807, 2.05) is 13.8 Å². The second kappa shape index (κ2) is 6.48. The molecule has 0 fully saturated rings. The molecule has 0 aliphatic rings. The lowest BCUT2D eigenvalue weighted by Crippen LogP contribution is -2.37. The van der Waals surface area contributed by atoms with Crippen LogP contribution >= 0.6 is 11.6 Å². The van der Waals surface area contributed by atoms with Gasteiger partial charge in [0.1, 0.15) is 11.6 Å². The Morgan fingerprint density at radius 2 is 2.00 bits per heavy atom. The molecule has 1 aromatic heterocycles. The van der Waals surface area contributed by atoms with Crippen LogP contribution in [0.1, 0.15) is 29.8 Å². The third-order valence-electron chi connectivity index (χ3n) is 4.25. The summed E-state index contributed by atoms with van der Waals surface area (Å²) in [6.45, 7) is 4.16. The Labute approximate surface area is 149 Å². The molecule has 3 rings (SSSR count). The zero-order valence-electron chi connectivity index (χ0n) is 13.8. The van der Waals surface area contributed by atoms with Gasteiger partial charge < -0.3 is 10.3 Å². The Bertz CT molecular complexity index is 929. The Hall–Kier alpha value is -2.40. The summed E-state index contributed by atoms with van der Waals surface area (Å²) in [5.41, 5.74) is 0.999. The number of hydrogen-bond acceptors (Lipinski definition) is 1. The van der Waals surface area contributed by atoms with Crippen molar-refractivity contribution < 1.29 is 13.6 Å². The van der Waals surface area contributed by atoms with Crippen LogP contribution in [0.5, 0.6) is 0 Å². The maximum absolute atomic E-state index is 13.9. The molecule has 0 saturated heterocycles. The Balaban J connectivity index is 1.82. The molecule has 1 heterocycles. The fourth-order valence-electron chi connectivity index (χ4n) is 2.86. The topological polar surface area (TPSA) is 44.9 Å². The van der Waals surface area contributed by atoms with Crippen molar-refractivity contribution in [2.45, 2.75) is 19.3 Å². The lowest BCUT2D eigenvalue weighted by Gasteiger charge is -2.25. The van der Waals surface area contributed by atoms with E-state index in [2.05, 4.69) is 10.3 Å². The van der Waals surface area contributed by atoms with Crippen molar-refractivity contribution in [3.05, 3.63) is 70.4 Å². The van der Waals surface area contributed by atoms with E-state index in [9.17, 15) is 13.6 Å². The minimum Gasteiger partial charge on any atom is -0.361 e. The number of nitrogens with one attached hydrogen (secondary N) is 2. The molecule has 25 heavy (non-hydrogen) atoms. The quantitative estimate of drug-likeness (QED) is 0.687. The van der Waals surface area contributed by atoms with Gasteiger partial charge in [0.05, 0.1) is 10.6 Å². The first-order valence-corrected chi connectivity index (χ1v) is 8.17. The van der Waals surface area contributed by atoms with E-state index in [1.165, 1.54) is 30.3 Å². The van der Waals surface area contributed by atoms with Crippen LogP contribution < -0.4 is 5.32 Å². The fraction of sp³-hybridized carbons (Fsp3) is 0.211. The summed E-state index contributed by atoms with van der Waals surface area (Å²) in [6.07, 6.45) is 1.80. The molecule has 0 aliphatic carbocycles. The summed E-state index contributed by atoms with van der Waals surface area (Å²) in [7, 11) is 0. The highest BCUT2D eigenvalue weighted by atomic mass is 35.5. The van der Waals surface area contributed by atoms with Gasteiger partial charge in [0, 0.05) is 29.1 Å². The van der Waals surface area contributed by atoms with E-state index in [0.717, 1.165) is 10.9 Å². The molecule has 0 unspecified atom stereocenters. The zero-order chi connectivity index (χ0) is 18.2. The normalized spacial score (nSPS) is 11.7. The summed E-state index contributed by atoms with van der Waals surface area (Å²) >= 11 is 5.93. The highest BCUT2D eigenvalue weighted by molar-refractivity contribution is 6.33. The van der Waals surface area contributed by atoms with Gasteiger partial charge in [-0.25, -0.2) is 8.78 Å². The highest BCUT2D eigenvalue weighted by Gasteiger charge is 2.26. The number of benzene rings is 2. The lowest BCUT2D eigenvalue weighted by molar-refractivity contribution is 0.0942. The van der Waals surface area contributed by atoms with E-state index in [4.69, 9.17) is 11.6 Å². The van der Waals surface area contributed by atoms with E-state index >= 15 is 0 Å². The smallest absolute Gasteiger partial charge is 0.255 e. The number of aromatic amines is 1. The van der Waals surface area contributed by atoms with Crippen molar-refractivity contribution in [1.82, 2.24) is 10.3 Å². The minimum absolute atomic E-state index is 0.0675. The summed E-state index contributed by atoms with van der Waals surface area (Å²) in [4.78, 5) is 15.4. The number of H-pyrrole nitrogens is 1. The number of aromatic nitrogens is 1. The summed E-state index contributed by atoms with van der Waals surface area (Å²) in [6, 6.07) is 8.64. The van der Waals surface area contributed by atoms with Crippen LogP contribution in [-0.4, -0.2) is 17.4 Å². The maximum atomic E-state index is 13.9. The average Bonchev–Trinajstić information content (AvgIpc) is 2.96. The lowest BCUT2D eigenvalue weighted by atomic mass is 9.84. The predicted molar refractivity (Wildman–Crippen MR) is 95.0 cm³/mol. The van der Waals surface area contributed by atoms with Gasteiger partial charge in [0.2, 0.25) is 0 Å². The van der Waals surface area contributed by atoms with Crippen LogP contribution in [0.4, 0.5) is 8.78 Å². The SMILES string of the molecule is CC(C)(CNC(=O)c1c(F)cccc1Cl)c1c[nH]c2cc(F)ccc12. The molecule has 1 amide bonds. The number of rotatable bonds is 4. The highest BCUT2D eigenvalue weighted by Crippen LogP contribution is 2.30. The molecule has 3 aromatic rings. The van der Waals surface area contributed by atoms with E-state index in [-0.39, 0.29) is 22.9 Å². The molecule has 0 bridgehead atoms. The molecular weight excluding hydrogens is 346 g/mol. The first-order chi connectivity index (χ1) is 11.8. The van der Waals surface area contributed by atoms with E-state index < -0.39 is 17.1 Å². The third-order valence-corrected chi connectivity index (χ3v) is 4.57.